The van der Waals surface area contributed by atoms with Gasteiger partial charge in [-0.25, -0.2) is 8.42 Å². The van der Waals surface area contributed by atoms with Crippen LogP contribution < -0.4 is 13.8 Å². The van der Waals surface area contributed by atoms with Gasteiger partial charge in [-0.3, -0.25) is 14.4 Å². The second kappa shape index (κ2) is 6.00. The molecule has 0 saturated heterocycles. The molecule has 0 saturated carbocycles. The lowest BCUT2D eigenvalue weighted by Gasteiger charge is -2.23. The lowest BCUT2D eigenvalue weighted by atomic mass is 10.3. The van der Waals surface area contributed by atoms with Gasteiger partial charge in [0.2, 0.25) is 6.79 Å². The summed E-state index contributed by atoms with van der Waals surface area (Å²) in [7, 11) is -3.85. The number of benzene rings is 2. The highest BCUT2D eigenvalue weighted by Gasteiger charge is 2.26. The molecule has 9 heteroatoms. The Morgan fingerprint density at radius 3 is 2.42 bits per heavy atom. The number of hydrogen-bond acceptors (Lipinski definition) is 6. The Morgan fingerprint density at radius 1 is 1.12 bits per heavy atom. The predicted octanol–water partition coefficient (Wildman–Crippen LogP) is 2.54. The number of nitro benzene ring substituents is 1. The molecular formula is C15H14N2O6S. The molecular weight excluding hydrogens is 336 g/mol. The van der Waals surface area contributed by atoms with Crippen molar-refractivity contribution in [2.75, 3.05) is 17.6 Å². The Kier molecular flexibility index (Phi) is 4.02. The highest BCUT2D eigenvalue weighted by molar-refractivity contribution is 7.92. The number of nitrogens with zero attached hydrogens (tertiary/aromatic N) is 2. The van der Waals surface area contributed by atoms with E-state index in [0.717, 1.165) is 0 Å². The van der Waals surface area contributed by atoms with Crippen molar-refractivity contribution in [3.63, 3.8) is 0 Å². The molecule has 8 nitrogen and oxygen atoms in total. The maximum absolute atomic E-state index is 12.8. The van der Waals surface area contributed by atoms with Gasteiger partial charge in [0.15, 0.2) is 11.5 Å². The molecule has 0 N–H and O–H groups in total. The number of hydrogen-bond donors (Lipinski definition) is 0. The quantitative estimate of drug-likeness (QED) is 0.607. The minimum Gasteiger partial charge on any atom is -0.454 e. The smallest absolute Gasteiger partial charge is 0.269 e. The van der Waals surface area contributed by atoms with Crippen molar-refractivity contribution in [3.8, 4) is 11.5 Å². The molecule has 0 bridgehead atoms. The largest absolute Gasteiger partial charge is 0.454 e. The number of nitro groups is 1. The van der Waals surface area contributed by atoms with Gasteiger partial charge in [0.05, 0.1) is 15.5 Å². The molecule has 24 heavy (non-hydrogen) atoms. The van der Waals surface area contributed by atoms with Crippen LogP contribution in [0.2, 0.25) is 0 Å². The third-order valence-corrected chi connectivity index (χ3v) is 5.48. The van der Waals surface area contributed by atoms with Crippen LogP contribution in [0.15, 0.2) is 47.4 Å². The summed E-state index contributed by atoms with van der Waals surface area (Å²) < 4.78 is 37.4. The van der Waals surface area contributed by atoms with E-state index in [1.807, 2.05) is 0 Å². The maximum atomic E-state index is 12.8. The van der Waals surface area contributed by atoms with Crippen LogP contribution in [0.3, 0.4) is 0 Å². The molecule has 0 unspecified atom stereocenters. The SMILES string of the molecule is CCN(c1ccc2c(c1)OCO2)S(=O)(=O)c1ccc([N+](=O)[O-])cc1. The van der Waals surface area contributed by atoms with E-state index < -0.39 is 14.9 Å². The molecule has 0 atom stereocenters. The van der Waals surface area contributed by atoms with Crippen molar-refractivity contribution >= 4 is 21.4 Å². The molecule has 0 amide bonds. The average Bonchev–Trinajstić information content (AvgIpc) is 3.03. The van der Waals surface area contributed by atoms with Gasteiger partial charge >= 0.3 is 0 Å². The van der Waals surface area contributed by atoms with Gasteiger partial charge in [0, 0.05) is 24.7 Å². The van der Waals surface area contributed by atoms with Crippen LogP contribution >= 0.6 is 0 Å². The van der Waals surface area contributed by atoms with Gasteiger partial charge in [-0.05, 0) is 31.2 Å². The summed E-state index contributed by atoms with van der Waals surface area (Å²) in [5, 5.41) is 10.7. The fraction of sp³-hybridized carbons (Fsp3) is 0.200. The van der Waals surface area contributed by atoms with Crippen molar-refractivity contribution in [2.45, 2.75) is 11.8 Å². The van der Waals surface area contributed by atoms with Gasteiger partial charge in [0.1, 0.15) is 0 Å². The van der Waals surface area contributed by atoms with Gasteiger partial charge in [-0.1, -0.05) is 0 Å². The normalized spacial score (nSPS) is 12.9. The average molecular weight is 350 g/mol. The van der Waals surface area contributed by atoms with E-state index in [1.54, 1.807) is 25.1 Å². The van der Waals surface area contributed by atoms with E-state index in [-0.39, 0.29) is 23.9 Å². The topological polar surface area (TPSA) is 99.0 Å². The van der Waals surface area contributed by atoms with Crippen molar-refractivity contribution in [1.29, 1.82) is 0 Å². The second-order valence-electron chi connectivity index (χ2n) is 4.96. The number of sulfonamides is 1. The molecule has 1 heterocycles. The summed E-state index contributed by atoms with van der Waals surface area (Å²) in [5.41, 5.74) is 0.264. The van der Waals surface area contributed by atoms with Crippen LogP contribution in [0.4, 0.5) is 11.4 Å². The summed E-state index contributed by atoms with van der Waals surface area (Å²) in [4.78, 5) is 10.1. The van der Waals surface area contributed by atoms with Gasteiger partial charge in [-0.2, -0.15) is 0 Å². The zero-order valence-corrected chi connectivity index (χ0v) is 13.5. The lowest BCUT2D eigenvalue weighted by Crippen LogP contribution is -2.30. The Bertz CT molecular complexity index is 879. The van der Waals surface area contributed by atoms with Crippen molar-refractivity contribution in [3.05, 3.63) is 52.6 Å². The van der Waals surface area contributed by atoms with Crippen LogP contribution in [0, 0.1) is 10.1 Å². The second-order valence-corrected chi connectivity index (χ2v) is 6.82. The molecule has 0 aromatic heterocycles. The first-order valence-corrected chi connectivity index (χ1v) is 8.54. The molecule has 2 aromatic rings. The predicted molar refractivity (Wildman–Crippen MR) is 85.9 cm³/mol. The van der Waals surface area contributed by atoms with Crippen molar-refractivity contribution in [2.24, 2.45) is 0 Å². The highest BCUT2D eigenvalue weighted by Crippen LogP contribution is 2.37. The van der Waals surface area contributed by atoms with Crippen LogP contribution in [0.25, 0.3) is 0 Å². The number of fused-ring (bicyclic) bond motifs is 1. The number of non-ortho nitro benzene ring substituents is 1. The van der Waals surface area contributed by atoms with Crippen LogP contribution in [-0.4, -0.2) is 26.7 Å². The molecule has 0 aliphatic carbocycles. The highest BCUT2D eigenvalue weighted by atomic mass is 32.2. The first-order valence-electron chi connectivity index (χ1n) is 7.10. The lowest BCUT2D eigenvalue weighted by molar-refractivity contribution is -0.384. The fourth-order valence-corrected chi connectivity index (χ4v) is 3.86. The molecule has 3 rings (SSSR count). The number of anilines is 1. The zero-order chi connectivity index (χ0) is 17.3. The van der Waals surface area contributed by atoms with E-state index in [1.165, 1.54) is 28.6 Å². The van der Waals surface area contributed by atoms with Crippen LogP contribution in [0.1, 0.15) is 6.92 Å². The summed E-state index contributed by atoms with van der Waals surface area (Å²) in [6.45, 7) is 1.99. The van der Waals surface area contributed by atoms with Gasteiger partial charge < -0.3 is 9.47 Å². The minimum absolute atomic E-state index is 0.0207. The summed E-state index contributed by atoms with van der Waals surface area (Å²) >= 11 is 0. The number of ether oxygens (including phenoxy) is 2. The minimum atomic E-state index is -3.85. The van der Waals surface area contributed by atoms with E-state index >= 15 is 0 Å². The maximum Gasteiger partial charge on any atom is 0.269 e. The Morgan fingerprint density at radius 2 is 1.79 bits per heavy atom. The van der Waals surface area contributed by atoms with E-state index in [2.05, 4.69) is 0 Å². The molecule has 0 radical (unpaired) electrons. The first-order chi connectivity index (χ1) is 11.4. The van der Waals surface area contributed by atoms with Gasteiger partial charge in [-0.15, -0.1) is 0 Å². The first kappa shape index (κ1) is 16.1. The molecule has 0 fully saturated rings. The Hall–Kier alpha value is -2.81. The molecule has 126 valence electrons. The summed E-state index contributed by atoms with van der Waals surface area (Å²) in [6.07, 6.45) is 0. The van der Waals surface area contributed by atoms with E-state index in [0.29, 0.717) is 17.2 Å². The Labute approximate surface area is 138 Å². The van der Waals surface area contributed by atoms with E-state index in [9.17, 15) is 18.5 Å². The molecule has 1 aliphatic heterocycles. The molecule has 1 aliphatic rings. The van der Waals surface area contributed by atoms with E-state index in [4.69, 9.17) is 9.47 Å². The standard InChI is InChI=1S/C15H14N2O6S/c1-2-16(12-5-8-14-15(9-12)23-10-22-14)24(20,21)13-6-3-11(4-7-13)17(18)19/h3-9H,2,10H2,1H3. The summed E-state index contributed by atoms with van der Waals surface area (Å²) in [5.74, 6) is 1.03. The van der Waals surface area contributed by atoms with Gasteiger partial charge in [0.25, 0.3) is 15.7 Å². The van der Waals surface area contributed by atoms with Crippen LogP contribution in [0.5, 0.6) is 11.5 Å². The van der Waals surface area contributed by atoms with Crippen molar-refractivity contribution < 1.29 is 22.8 Å². The molecule has 0 spiro atoms. The van der Waals surface area contributed by atoms with Crippen molar-refractivity contribution in [1.82, 2.24) is 0 Å². The number of rotatable bonds is 5. The summed E-state index contributed by atoms with van der Waals surface area (Å²) in [6, 6.07) is 9.65. The monoisotopic (exact) mass is 350 g/mol. The van der Waals surface area contributed by atoms with Crippen LogP contribution in [-0.2, 0) is 10.0 Å². The molecule has 2 aromatic carbocycles. The Balaban J connectivity index is 1.98. The third-order valence-electron chi connectivity index (χ3n) is 3.57. The fourth-order valence-electron chi connectivity index (χ4n) is 2.40. The zero-order valence-electron chi connectivity index (χ0n) is 12.7. The third kappa shape index (κ3) is 2.73.